The van der Waals surface area contributed by atoms with Crippen molar-refractivity contribution in [2.24, 2.45) is 5.41 Å². The summed E-state index contributed by atoms with van der Waals surface area (Å²) in [4.78, 5) is 23.3. The van der Waals surface area contributed by atoms with Crippen molar-refractivity contribution in [3.8, 4) is 0 Å². The predicted octanol–water partition coefficient (Wildman–Crippen LogP) is 1.67. The number of benzene rings is 1. The van der Waals surface area contributed by atoms with Crippen molar-refractivity contribution in [3.05, 3.63) is 29.8 Å². The largest absolute Gasteiger partial charge is 0.392 e. The highest BCUT2D eigenvalue weighted by molar-refractivity contribution is 5.91. The predicted molar refractivity (Wildman–Crippen MR) is 78.1 cm³/mol. The topological polar surface area (TPSA) is 78.4 Å². The first-order chi connectivity index (χ1) is 9.32. The average molecular weight is 278 g/mol. The third-order valence-corrected chi connectivity index (χ3v) is 2.71. The first-order valence-electron chi connectivity index (χ1n) is 6.61. The van der Waals surface area contributed by atoms with Gasteiger partial charge in [-0.3, -0.25) is 9.59 Å². The zero-order valence-corrected chi connectivity index (χ0v) is 12.2. The van der Waals surface area contributed by atoms with Crippen molar-refractivity contribution in [3.63, 3.8) is 0 Å². The number of hydrogen-bond acceptors (Lipinski definition) is 3. The molecule has 0 radical (unpaired) electrons. The van der Waals surface area contributed by atoms with Crippen LogP contribution in [0.3, 0.4) is 0 Å². The summed E-state index contributed by atoms with van der Waals surface area (Å²) in [6, 6.07) is 7.01. The Bertz CT molecular complexity index is 478. The minimum atomic E-state index is -0.452. The minimum Gasteiger partial charge on any atom is -0.392 e. The lowest BCUT2D eigenvalue weighted by Gasteiger charge is -2.17. The molecule has 3 N–H and O–H groups in total. The van der Waals surface area contributed by atoms with Crippen LogP contribution in [0.15, 0.2) is 24.3 Å². The SMILES string of the molecule is CC(C)(C)C(=O)NCCC(=O)Nc1cccc(CO)c1. The normalized spacial score (nSPS) is 11.0. The Morgan fingerprint density at radius 3 is 2.55 bits per heavy atom. The monoisotopic (exact) mass is 278 g/mol. The van der Waals surface area contributed by atoms with Crippen LogP contribution in [0.2, 0.25) is 0 Å². The molecule has 1 aromatic carbocycles. The zero-order chi connectivity index (χ0) is 15.2. The second-order valence-corrected chi connectivity index (χ2v) is 5.66. The van der Waals surface area contributed by atoms with E-state index in [4.69, 9.17) is 5.11 Å². The summed E-state index contributed by atoms with van der Waals surface area (Å²) in [5, 5.41) is 14.5. The Kier molecular flexibility index (Phi) is 5.70. The number of rotatable bonds is 5. The second kappa shape index (κ2) is 7.05. The lowest BCUT2D eigenvalue weighted by molar-refractivity contribution is -0.128. The van der Waals surface area contributed by atoms with E-state index >= 15 is 0 Å². The van der Waals surface area contributed by atoms with Gasteiger partial charge < -0.3 is 15.7 Å². The summed E-state index contributed by atoms with van der Waals surface area (Å²) in [5.74, 6) is -0.248. The molecule has 0 aliphatic heterocycles. The van der Waals surface area contributed by atoms with Crippen LogP contribution in [-0.2, 0) is 16.2 Å². The van der Waals surface area contributed by atoms with Crippen LogP contribution in [0.4, 0.5) is 5.69 Å². The van der Waals surface area contributed by atoms with Crippen molar-refractivity contribution in [1.82, 2.24) is 5.32 Å². The van der Waals surface area contributed by atoms with Gasteiger partial charge in [0.05, 0.1) is 6.61 Å². The molecule has 0 spiro atoms. The summed E-state index contributed by atoms with van der Waals surface area (Å²) in [5.41, 5.74) is 0.930. The summed E-state index contributed by atoms with van der Waals surface area (Å²) in [6.45, 7) is 5.71. The van der Waals surface area contributed by atoms with E-state index in [1.54, 1.807) is 24.3 Å². The molecule has 1 aromatic rings. The van der Waals surface area contributed by atoms with E-state index in [2.05, 4.69) is 10.6 Å². The first-order valence-corrected chi connectivity index (χ1v) is 6.61. The molecule has 0 saturated carbocycles. The Balaban J connectivity index is 2.39. The van der Waals surface area contributed by atoms with E-state index in [1.165, 1.54) is 0 Å². The van der Waals surface area contributed by atoms with E-state index in [-0.39, 0.29) is 24.8 Å². The van der Waals surface area contributed by atoms with Gasteiger partial charge >= 0.3 is 0 Å². The fourth-order valence-electron chi connectivity index (χ4n) is 1.53. The lowest BCUT2D eigenvalue weighted by Crippen LogP contribution is -2.36. The highest BCUT2D eigenvalue weighted by Crippen LogP contribution is 2.12. The van der Waals surface area contributed by atoms with Crippen molar-refractivity contribution < 1.29 is 14.7 Å². The number of hydrogen-bond donors (Lipinski definition) is 3. The summed E-state index contributed by atoms with van der Waals surface area (Å²) < 4.78 is 0. The number of aliphatic hydroxyl groups is 1. The number of carbonyl (C=O) groups excluding carboxylic acids is 2. The van der Waals surface area contributed by atoms with Gasteiger partial charge in [0.15, 0.2) is 0 Å². The van der Waals surface area contributed by atoms with Crippen LogP contribution in [0.5, 0.6) is 0 Å². The summed E-state index contributed by atoms with van der Waals surface area (Å²) >= 11 is 0. The van der Waals surface area contributed by atoms with Gasteiger partial charge in [0.1, 0.15) is 0 Å². The summed E-state index contributed by atoms with van der Waals surface area (Å²) in [7, 11) is 0. The minimum absolute atomic E-state index is 0.0641. The molecule has 2 amide bonds. The molecular formula is C15H22N2O3. The molecule has 0 atom stereocenters. The molecule has 0 saturated heterocycles. The third-order valence-electron chi connectivity index (χ3n) is 2.71. The number of nitrogens with one attached hydrogen (secondary N) is 2. The van der Waals surface area contributed by atoms with E-state index in [9.17, 15) is 9.59 Å². The maximum atomic E-state index is 11.7. The van der Waals surface area contributed by atoms with Gasteiger partial charge in [-0.2, -0.15) is 0 Å². The van der Waals surface area contributed by atoms with Crippen LogP contribution in [0, 0.1) is 5.41 Å². The van der Waals surface area contributed by atoms with Crippen LogP contribution >= 0.6 is 0 Å². The summed E-state index contributed by atoms with van der Waals surface area (Å²) in [6.07, 6.45) is 0.213. The molecule has 5 nitrogen and oxygen atoms in total. The van der Waals surface area contributed by atoms with E-state index in [0.29, 0.717) is 12.2 Å². The molecule has 0 bridgehead atoms. The maximum Gasteiger partial charge on any atom is 0.226 e. The van der Waals surface area contributed by atoms with E-state index in [1.807, 2.05) is 20.8 Å². The third kappa shape index (κ3) is 5.40. The average Bonchev–Trinajstić information content (AvgIpc) is 2.37. The number of carbonyl (C=O) groups is 2. The molecule has 0 aliphatic rings. The quantitative estimate of drug-likeness (QED) is 0.766. The van der Waals surface area contributed by atoms with Crippen LogP contribution in [0.25, 0.3) is 0 Å². The molecule has 0 fully saturated rings. The Morgan fingerprint density at radius 2 is 1.95 bits per heavy atom. The molecule has 0 aromatic heterocycles. The molecule has 1 rings (SSSR count). The molecule has 0 unspecified atom stereocenters. The molecular weight excluding hydrogens is 256 g/mol. The second-order valence-electron chi connectivity index (χ2n) is 5.66. The number of aliphatic hydroxyl groups excluding tert-OH is 1. The van der Waals surface area contributed by atoms with Gasteiger partial charge in [0.2, 0.25) is 11.8 Å². The van der Waals surface area contributed by atoms with Crippen molar-refractivity contribution in [1.29, 1.82) is 0 Å². The molecule has 0 heterocycles. The van der Waals surface area contributed by atoms with Gasteiger partial charge in [-0.05, 0) is 17.7 Å². The molecule has 0 aliphatic carbocycles. The highest BCUT2D eigenvalue weighted by Gasteiger charge is 2.20. The Labute approximate surface area is 119 Å². The molecule has 20 heavy (non-hydrogen) atoms. The fourth-order valence-corrected chi connectivity index (χ4v) is 1.53. The van der Waals surface area contributed by atoms with Crippen LogP contribution < -0.4 is 10.6 Å². The van der Waals surface area contributed by atoms with E-state index < -0.39 is 5.41 Å². The Hall–Kier alpha value is -1.88. The van der Waals surface area contributed by atoms with Crippen molar-refractivity contribution in [2.45, 2.75) is 33.8 Å². The van der Waals surface area contributed by atoms with Crippen LogP contribution in [0.1, 0.15) is 32.8 Å². The number of amides is 2. The fraction of sp³-hybridized carbons (Fsp3) is 0.467. The van der Waals surface area contributed by atoms with Gasteiger partial charge in [0, 0.05) is 24.1 Å². The van der Waals surface area contributed by atoms with Gasteiger partial charge in [-0.15, -0.1) is 0 Å². The van der Waals surface area contributed by atoms with Crippen molar-refractivity contribution >= 4 is 17.5 Å². The van der Waals surface area contributed by atoms with Gasteiger partial charge in [-0.25, -0.2) is 0 Å². The zero-order valence-electron chi connectivity index (χ0n) is 12.2. The number of anilines is 1. The smallest absolute Gasteiger partial charge is 0.226 e. The molecule has 5 heteroatoms. The first kappa shape index (κ1) is 16.2. The van der Waals surface area contributed by atoms with Gasteiger partial charge in [0.25, 0.3) is 0 Å². The lowest BCUT2D eigenvalue weighted by atomic mass is 9.96. The molecule has 110 valence electrons. The van der Waals surface area contributed by atoms with Gasteiger partial charge in [-0.1, -0.05) is 32.9 Å². The maximum absolute atomic E-state index is 11.7. The Morgan fingerprint density at radius 1 is 1.25 bits per heavy atom. The standard InChI is InChI=1S/C15H22N2O3/c1-15(2,3)14(20)16-8-7-13(19)17-12-6-4-5-11(9-12)10-18/h4-6,9,18H,7-8,10H2,1-3H3,(H,16,20)(H,17,19). The van der Waals surface area contributed by atoms with Crippen LogP contribution in [-0.4, -0.2) is 23.5 Å². The highest BCUT2D eigenvalue weighted by atomic mass is 16.3. The van der Waals surface area contributed by atoms with E-state index in [0.717, 1.165) is 5.56 Å². The van der Waals surface area contributed by atoms with Crippen molar-refractivity contribution in [2.75, 3.05) is 11.9 Å².